The van der Waals surface area contributed by atoms with Crippen molar-refractivity contribution in [2.45, 2.75) is 102 Å². The Morgan fingerprint density at radius 1 is 0.700 bits per heavy atom. The average Bonchev–Trinajstić information content (AvgIpc) is 3.03. The fourth-order valence-electron chi connectivity index (χ4n) is 5.42. The van der Waals surface area contributed by atoms with Crippen LogP contribution < -0.4 is 5.32 Å². The minimum absolute atomic E-state index is 0.770. The largest absolute Gasteiger partial charge is 0.311 e. The molecule has 3 rings (SSSR count). The standard InChI is InChI=1S/C19H35N/c1-15(16-9-5-6-10-16)20-19-14-8-7-13-18(19)17-11-3-2-4-12-17/h15-20H,2-14H2,1H3/t15-,18?,19?/m1/s1. The number of hydrogen-bond donors (Lipinski definition) is 1. The summed E-state index contributed by atoms with van der Waals surface area (Å²) in [5.74, 6) is 3.04. The van der Waals surface area contributed by atoms with Gasteiger partial charge in [-0.15, -0.1) is 0 Å². The Hall–Kier alpha value is -0.0400. The van der Waals surface area contributed by atoms with E-state index in [-0.39, 0.29) is 0 Å². The van der Waals surface area contributed by atoms with Crippen molar-refractivity contribution in [3.8, 4) is 0 Å². The molecule has 0 amide bonds. The molecule has 3 atom stereocenters. The number of nitrogens with one attached hydrogen (secondary N) is 1. The topological polar surface area (TPSA) is 12.0 Å². The maximum atomic E-state index is 4.11. The molecule has 3 fully saturated rings. The first-order valence-electron chi connectivity index (χ1n) is 9.60. The van der Waals surface area contributed by atoms with Gasteiger partial charge in [-0.2, -0.15) is 0 Å². The molecular weight excluding hydrogens is 242 g/mol. The molecule has 3 aliphatic carbocycles. The molecule has 0 bridgehead atoms. The second-order valence-electron chi connectivity index (χ2n) is 7.95. The van der Waals surface area contributed by atoms with Gasteiger partial charge in [0.2, 0.25) is 0 Å². The van der Waals surface area contributed by atoms with E-state index < -0.39 is 0 Å². The lowest BCUT2D eigenvalue weighted by atomic mass is 9.70. The Kier molecular flexibility index (Phi) is 5.42. The van der Waals surface area contributed by atoms with Crippen LogP contribution in [0, 0.1) is 17.8 Å². The van der Waals surface area contributed by atoms with Crippen molar-refractivity contribution in [1.82, 2.24) is 5.32 Å². The van der Waals surface area contributed by atoms with Gasteiger partial charge < -0.3 is 5.32 Å². The molecule has 1 heteroatoms. The highest BCUT2D eigenvalue weighted by atomic mass is 15.0. The molecular formula is C19H35N. The van der Waals surface area contributed by atoms with Crippen LogP contribution in [0.5, 0.6) is 0 Å². The van der Waals surface area contributed by atoms with E-state index in [2.05, 4.69) is 12.2 Å². The van der Waals surface area contributed by atoms with Gasteiger partial charge in [0, 0.05) is 12.1 Å². The summed E-state index contributed by atoms with van der Waals surface area (Å²) in [6.07, 6.45) is 19.4. The van der Waals surface area contributed by atoms with Crippen LogP contribution in [0.1, 0.15) is 90.4 Å². The van der Waals surface area contributed by atoms with Gasteiger partial charge in [0.25, 0.3) is 0 Å². The van der Waals surface area contributed by atoms with E-state index in [1.807, 2.05) is 0 Å². The SMILES string of the molecule is C[C@@H](NC1CCCCC1C1CCCCC1)C1CCCC1. The van der Waals surface area contributed by atoms with Gasteiger partial charge >= 0.3 is 0 Å². The van der Waals surface area contributed by atoms with E-state index >= 15 is 0 Å². The zero-order valence-electron chi connectivity index (χ0n) is 13.6. The second-order valence-corrected chi connectivity index (χ2v) is 7.95. The van der Waals surface area contributed by atoms with Crippen molar-refractivity contribution in [3.63, 3.8) is 0 Å². The molecule has 0 aromatic carbocycles. The fourth-order valence-corrected chi connectivity index (χ4v) is 5.42. The van der Waals surface area contributed by atoms with Gasteiger partial charge in [-0.1, -0.05) is 57.8 Å². The molecule has 2 unspecified atom stereocenters. The predicted molar refractivity (Wildman–Crippen MR) is 86.9 cm³/mol. The maximum Gasteiger partial charge on any atom is 0.0101 e. The quantitative estimate of drug-likeness (QED) is 0.736. The third-order valence-electron chi connectivity index (χ3n) is 6.66. The molecule has 1 N–H and O–H groups in total. The van der Waals surface area contributed by atoms with Crippen molar-refractivity contribution < 1.29 is 0 Å². The highest BCUT2D eigenvalue weighted by molar-refractivity contribution is 4.90. The molecule has 0 aromatic rings. The molecule has 0 aromatic heterocycles. The van der Waals surface area contributed by atoms with E-state index in [0.29, 0.717) is 0 Å². The Balaban J connectivity index is 1.56. The fraction of sp³-hybridized carbons (Fsp3) is 1.00. The molecule has 116 valence electrons. The summed E-state index contributed by atoms with van der Waals surface area (Å²) in [5.41, 5.74) is 0. The third kappa shape index (κ3) is 3.59. The molecule has 1 nitrogen and oxygen atoms in total. The highest BCUT2D eigenvalue weighted by Gasteiger charge is 2.34. The second kappa shape index (κ2) is 7.29. The van der Waals surface area contributed by atoms with E-state index in [1.165, 1.54) is 83.5 Å². The minimum atomic E-state index is 0.770. The van der Waals surface area contributed by atoms with Gasteiger partial charge in [0.05, 0.1) is 0 Å². The summed E-state index contributed by atoms with van der Waals surface area (Å²) in [7, 11) is 0. The summed E-state index contributed by atoms with van der Waals surface area (Å²) in [5, 5.41) is 4.11. The first-order chi connectivity index (χ1) is 9.84. The van der Waals surface area contributed by atoms with Crippen LogP contribution in [0.15, 0.2) is 0 Å². The van der Waals surface area contributed by atoms with Crippen molar-refractivity contribution in [1.29, 1.82) is 0 Å². The van der Waals surface area contributed by atoms with E-state index in [1.54, 1.807) is 0 Å². The van der Waals surface area contributed by atoms with Gasteiger partial charge in [0.15, 0.2) is 0 Å². The Labute approximate surface area is 126 Å². The van der Waals surface area contributed by atoms with Crippen LogP contribution in [-0.4, -0.2) is 12.1 Å². The monoisotopic (exact) mass is 277 g/mol. The third-order valence-corrected chi connectivity index (χ3v) is 6.66. The molecule has 0 spiro atoms. The van der Waals surface area contributed by atoms with Crippen LogP contribution in [0.4, 0.5) is 0 Å². The zero-order chi connectivity index (χ0) is 13.8. The molecule has 0 aliphatic heterocycles. The number of hydrogen-bond acceptors (Lipinski definition) is 1. The molecule has 3 aliphatic rings. The molecule has 0 saturated heterocycles. The van der Waals surface area contributed by atoms with Gasteiger partial charge in [-0.25, -0.2) is 0 Å². The zero-order valence-corrected chi connectivity index (χ0v) is 13.6. The summed E-state index contributed by atoms with van der Waals surface area (Å²) in [4.78, 5) is 0. The normalized spacial score (nSPS) is 35.2. The van der Waals surface area contributed by atoms with Crippen LogP contribution in [0.3, 0.4) is 0 Å². The molecule has 0 heterocycles. The van der Waals surface area contributed by atoms with Crippen molar-refractivity contribution in [2.75, 3.05) is 0 Å². The molecule has 0 radical (unpaired) electrons. The number of rotatable bonds is 4. The van der Waals surface area contributed by atoms with Gasteiger partial charge in [-0.05, 0) is 50.4 Å². The smallest absolute Gasteiger partial charge is 0.0101 e. The summed E-state index contributed by atoms with van der Waals surface area (Å²) >= 11 is 0. The van der Waals surface area contributed by atoms with E-state index in [0.717, 1.165) is 29.8 Å². The Morgan fingerprint density at radius 2 is 1.30 bits per heavy atom. The average molecular weight is 277 g/mol. The summed E-state index contributed by atoms with van der Waals surface area (Å²) in [6, 6.07) is 1.62. The van der Waals surface area contributed by atoms with Crippen molar-refractivity contribution >= 4 is 0 Å². The highest BCUT2D eigenvalue weighted by Crippen LogP contribution is 2.39. The van der Waals surface area contributed by atoms with Crippen LogP contribution in [0.2, 0.25) is 0 Å². The predicted octanol–water partition coefficient (Wildman–Crippen LogP) is 5.29. The van der Waals surface area contributed by atoms with E-state index in [4.69, 9.17) is 0 Å². The van der Waals surface area contributed by atoms with Crippen LogP contribution in [-0.2, 0) is 0 Å². The van der Waals surface area contributed by atoms with Gasteiger partial charge in [0.1, 0.15) is 0 Å². The lowest BCUT2D eigenvalue weighted by molar-refractivity contribution is 0.135. The molecule has 20 heavy (non-hydrogen) atoms. The lowest BCUT2D eigenvalue weighted by Crippen LogP contribution is -2.48. The van der Waals surface area contributed by atoms with Crippen LogP contribution >= 0.6 is 0 Å². The Bertz CT molecular complexity index is 275. The first kappa shape index (κ1) is 14.9. The van der Waals surface area contributed by atoms with Crippen molar-refractivity contribution in [3.05, 3.63) is 0 Å². The van der Waals surface area contributed by atoms with Crippen LogP contribution in [0.25, 0.3) is 0 Å². The summed E-state index contributed by atoms with van der Waals surface area (Å²) < 4.78 is 0. The Morgan fingerprint density at radius 3 is 2.05 bits per heavy atom. The van der Waals surface area contributed by atoms with Crippen molar-refractivity contribution in [2.24, 2.45) is 17.8 Å². The molecule has 3 saturated carbocycles. The van der Waals surface area contributed by atoms with E-state index in [9.17, 15) is 0 Å². The first-order valence-corrected chi connectivity index (χ1v) is 9.60. The van der Waals surface area contributed by atoms with Gasteiger partial charge in [-0.3, -0.25) is 0 Å². The maximum absolute atomic E-state index is 4.11. The minimum Gasteiger partial charge on any atom is -0.311 e. The summed E-state index contributed by atoms with van der Waals surface area (Å²) in [6.45, 7) is 2.47. The lowest BCUT2D eigenvalue weighted by Gasteiger charge is -2.41.